The third-order valence-corrected chi connectivity index (χ3v) is 7.98. The van der Waals surface area contributed by atoms with Crippen molar-refractivity contribution in [2.75, 3.05) is 13.2 Å². The van der Waals surface area contributed by atoms with Crippen LogP contribution >= 0.6 is 0 Å². The molecule has 2 aromatic carbocycles. The van der Waals surface area contributed by atoms with Crippen LogP contribution in [0.5, 0.6) is 5.75 Å². The number of carboxylic acids is 1. The van der Waals surface area contributed by atoms with Crippen molar-refractivity contribution in [1.82, 2.24) is 5.32 Å². The van der Waals surface area contributed by atoms with Crippen LogP contribution < -0.4 is 10.1 Å². The molecule has 6 nitrogen and oxygen atoms in total. The number of benzene rings is 2. The lowest BCUT2D eigenvalue weighted by molar-refractivity contribution is -0.139. The number of carbonyl (C=O) groups is 1. The number of aliphatic carboxylic acids is 1. The van der Waals surface area contributed by atoms with Crippen LogP contribution in [0, 0.1) is 18.8 Å². The second-order valence-corrected chi connectivity index (χ2v) is 11.3. The molecule has 188 valence electrons. The van der Waals surface area contributed by atoms with Crippen molar-refractivity contribution < 1.29 is 24.5 Å². The standard InChI is InChI=1S/C29H37NO5/c1-16-9-10-22(23-24-25(28(32)33)27(24)35-26(16)23)17(2)34-15-21(31)14-30-29(3,4)13-18-11-19-7-5-6-8-20(19)12-18/h5-10,17-18,21,24-25,27,30-31H,11-15H2,1-4H3,(H,32,33)/t17-,21-,24-,25-,27-/m1/s1. The van der Waals surface area contributed by atoms with E-state index in [4.69, 9.17) is 9.47 Å². The molecular formula is C29H37NO5. The normalized spacial score (nSPS) is 24.3. The summed E-state index contributed by atoms with van der Waals surface area (Å²) < 4.78 is 12.0. The predicted molar refractivity (Wildman–Crippen MR) is 134 cm³/mol. The van der Waals surface area contributed by atoms with Gasteiger partial charge in [-0.1, -0.05) is 36.4 Å². The zero-order chi connectivity index (χ0) is 24.9. The number of rotatable bonds is 10. The van der Waals surface area contributed by atoms with Gasteiger partial charge in [0.2, 0.25) is 0 Å². The first-order valence-electron chi connectivity index (χ1n) is 12.8. The minimum absolute atomic E-state index is 0.0821. The molecule has 0 bridgehead atoms. The monoisotopic (exact) mass is 479 g/mol. The van der Waals surface area contributed by atoms with Crippen molar-refractivity contribution in [1.29, 1.82) is 0 Å². The highest BCUT2D eigenvalue weighted by Crippen LogP contribution is 2.61. The van der Waals surface area contributed by atoms with Crippen LogP contribution in [-0.4, -0.2) is 47.1 Å². The lowest BCUT2D eigenvalue weighted by Gasteiger charge is -2.31. The SMILES string of the molecule is Cc1ccc([C@@H](C)OC[C@H](O)CNC(C)(C)CC2Cc3ccccc3C2)c2c1O[C@H]1[C@H](C(=O)O)[C@@H]21. The molecule has 35 heavy (non-hydrogen) atoms. The molecule has 3 aliphatic rings. The second-order valence-electron chi connectivity index (χ2n) is 11.3. The number of carboxylic acid groups (broad SMARTS) is 1. The van der Waals surface area contributed by atoms with Crippen LogP contribution in [0.25, 0.3) is 0 Å². The number of aliphatic hydroxyl groups excluding tert-OH is 1. The van der Waals surface area contributed by atoms with Gasteiger partial charge in [-0.3, -0.25) is 4.79 Å². The van der Waals surface area contributed by atoms with Gasteiger partial charge in [0.05, 0.1) is 18.8 Å². The summed E-state index contributed by atoms with van der Waals surface area (Å²) in [6.07, 6.45) is 2.14. The summed E-state index contributed by atoms with van der Waals surface area (Å²) >= 11 is 0. The highest BCUT2D eigenvalue weighted by atomic mass is 16.5. The van der Waals surface area contributed by atoms with Gasteiger partial charge in [0.25, 0.3) is 0 Å². The van der Waals surface area contributed by atoms with Crippen LogP contribution in [0.1, 0.15) is 67.0 Å². The molecule has 0 spiro atoms. The van der Waals surface area contributed by atoms with Crippen molar-refractivity contribution in [3.63, 3.8) is 0 Å². The molecule has 0 unspecified atom stereocenters. The molecule has 0 aromatic heterocycles. The average molecular weight is 480 g/mol. The molecule has 1 heterocycles. The Kier molecular flexibility index (Phi) is 6.41. The summed E-state index contributed by atoms with van der Waals surface area (Å²) in [7, 11) is 0. The fourth-order valence-electron chi connectivity index (χ4n) is 6.17. The van der Waals surface area contributed by atoms with E-state index in [2.05, 4.69) is 43.4 Å². The van der Waals surface area contributed by atoms with Crippen LogP contribution in [0.3, 0.4) is 0 Å². The maximum atomic E-state index is 11.5. The largest absolute Gasteiger partial charge is 0.488 e. The van der Waals surface area contributed by atoms with Crippen molar-refractivity contribution in [2.24, 2.45) is 11.8 Å². The number of β-amino-alcohol motifs (C(OH)–C–C–N with tert-alkyl or cyclic N) is 1. The molecule has 6 heteroatoms. The molecule has 5 rings (SSSR count). The van der Waals surface area contributed by atoms with Gasteiger partial charge in [0, 0.05) is 23.6 Å². The topological polar surface area (TPSA) is 88.0 Å². The molecule has 0 saturated heterocycles. The van der Waals surface area contributed by atoms with E-state index in [1.807, 2.05) is 26.0 Å². The highest BCUT2D eigenvalue weighted by molar-refractivity contribution is 5.79. The van der Waals surface area contributed by atoms with Crippen LogP contribution in [0.4, 0.5) is 0 Å². The van der Waals surface area contributed by atoms with E-state index in [9.17, 15) is 15.0 Å². The first-order chi connectivity index (χ1) is 16.6. The van der Waals surface area contributed by atoms with Gasteiger partial charge in [-0.2, -0.15) is 0 Å². The summed E-state index contributed by atoms with van der Waals surface area (Å²) in [5.74, 6) is 0.0493. The van der Waals surface area contributed by atoms with E-state index >= 15 is 0 Å². The lowest BCUT2D eigenvalue weighted by atomic mass is 9.88. The average Bonchev–Trinajstić information content (AvgIpc) is 3.16. The molecule has 0 radical (unpaired) electrons. The maximum absolute atomic E-state index is 11.5. The van der Waals surface area contributed by atoms with Crippen molar-refractivity contribution in [3.8, 4) is 5.75 Å². The molecule has 1 aliphatic heterocycles. The number of aliphatic hydroxyl groups is 1. The Bertz CT molecular complexity index is 1090. The Morgan fingerprint density at radius 1 is 1.20 bits per heavy atom. The third-order valence-electron chi connectivity index (χ3n) is 7.98. The second kappa shape index (κ2) is 9.23. The molecular weight excluding hydrogens is 442 g/mol. The summed E-state index contributed by atoms with van der Waals surface area (Å²) in [6, 6.07) is 12.7. The van der Waals surface area contributed by atoms with Gasteiger partial charge in [0.15, 0.2) is 0 Å². The van der Waals surface area contributed by atoms with Gasteiger partial charge < -0.3 is 25.0 Å². The number of ether oxygens (including phenoxy) is 2. The van der Waals surface area contributed by atoms with Crippen molar-refractivity contribution >= 4 is 5.97 Å². The minimum Gasteiger partial charge on any atom is -0.488 e. The fourth-order valence-corrected chi connectivity index (χ4v) is 6.17. The zero-order valence-electron chi connectivity index (χ0n) is 21.1. The number of nitrogens with one attached hydrogen (secondary N) is 1. The molecule has 1 fully saturated rings. The van der Waals surface area contributed by atoms with E-state index in [0.29, 0.717) is 12.5 Å². The molecule has 5 atom stereocenters. The molecule has 0 amide bonds. The van der Waals surface area contributed by atoms with E-state index in [1.165, 1.54) is 11.1 Å². The molecule has 2 aromatic rings. The van der Waals surface area contributed by atoms with Crippen LogP contribution in [-0.2, 0) is 22.4 Å². The van der Waals surface area contributed by atoms with Gasteiger partial charge in [-0.25, -0.2) is 0 Å². The van der Waals surface area contributed by atoms with Gasteiger partial charge in [-0.05, 0) is 75.1 Å². The molecule has 3 N–H and O–H groups in total. The van der Waals surface area contributed by atoms with E-state index in [-0.39, 0.29) is 30.3 Å². The Labute approximate surface area is 207 Å². The summed E-state index contributed by atoms with van der Waals surface area (Å²) in [5.41, 5.74) is 5.81. The predicted octanol–water partition coefficient (Wildman–Crippen LogP) is 4.17. The van der Waals surface area contributed by atoms with Crippen molar-refractivity contribution in [2.45, 2.75) is 76.7 Å². The first-order valence-corrected chi connectivity index (χ1v) is 12.8. The smallest absolute Gasteiger partial charge is 0.311 e. The van der Waals surface area contributed by atoms with E-state index < -0.39 is 18.0 Å². The third kappa shape index (κ3) is 4.84. The minimum atomic E-state index is -0.808. The van der Waals surface area contributed by atoms with Gasteiger partial charge in [0.1, 0.15) is 17.8 Å². The number of fused-ring (bicyclic) bond motifs is 4. The first kappa shape index (κ1) is 24.3. The van der Waals surface area contributed by atoms with E-state index in [0.717, 1.165) is 41.7 Å². The summed E-state index contributed by atoms with van der Waals surface area (Å²) in [5, 5.41) is 23.6. The number of hydrogen-bond donors (Lipinski definition) is 3. The Balaban J connectivity index is 1.12. The van der Waals surface area contributed by atoms with Crippen LogP contribution in [0.2, 0.25) is 0 Å². The van der Waals surface area contributed by atoms with Gasteiger partial charge in [-0.15, -0.1) is 0 Å². The van der Waals surface area contributed by atoms with Gasteiger partial charge >= 0.3 is 5.97 Å². The quantitative estimate of drug-likeness (QED) is 0.474. The Hall–Kier alpha value is -2.41. The lowest BCUT2D eigenvalue weighted by Crippen LogP contribution is -2.45. The zero-order valence-corrected chi connectivity index (χ0v) is 21.1. The van der Waals surface area contributed by atoms with Crippen LogP contribution in [0.15, 0.2) is 36.4 Å². The molecule has 2 aliphatic carbocycles. The van der Waals surface area contributed by atoms with E-state index in [1.54, 1.807) is 0 Å². The molecule has 1 saturated carbocycles. The fraction of sp³-hybridized carbons (Fsp3) is 0.552. The number of hydrogen-bond acceptors (Lipinski definition) is 5. The Morgan fingerprint density at radius 3 is 2.54 bits per heavy atom. The van der Waals surface area contributed by atoms with Crippen molar-refractivity contribution in [3.05, 3.63) is 64.2 Å². The maximum Gasteiger partial charge on any atom is 0.311 e. The highest BCUT2D eigenvalue weighted by Gasteiger charge is 2.64. The number of aryl methyl sites for hydroxylation is 1. The summed E-state index contributed by atoms with van der Waals surface area (Å²) in [4.78, 5) is 11.5. The summed E-state index contributed by atoms with van der Waals surface area (Å²) in [6.45, 7) is 9.01. The Morgan fingerprint density at radius 2 is 1.89 bits per heavy atom.